The van der Waals surface area contributed by atoms with Crippen LogP contribution in [0.25, 0.3) is 0 Å². The number of ether oxygens (including phenoxy) is 3. The molecule has 0 aliphatic rings. The number of hydrogen-bond acceptors (Lipinski definition) is 4. The smallest absolute Gasteiger partial charge is 0.161 e. The van der Waals surface area contributed by atoms with Gasteiger partial charge in [0.1, 0.15) is 6.61 Å². The van der Waals surface area contributed by atoms with Crippen molar-refractivity contribution in [3.05, 3.63) is 23.8 Å². The molecule has 19 heavy (non-hydrogen) atoms. The number of nitrogens with two attached hydrogens (primary N) is 1. The van der Waals surface area contributed by atoms with Gasteiger partial charge in [-0.3, -0.25) is 0 Å². The Bertz CT molecular complexity index is 366. The predicted molar refractivity (Wildman–Crippen MR) is 76.7 cm³/mol. The SMILES string of the molecule is COc1ccc(CN)cc1OCCOCCC(C)C. The molecule has 0 atom stereocenters. The zero-order chi connectivity index (χ0) is 14.1. The van der Waals surface area contributed by atoms with Crippen LogP contribution < -0.4 is 15.2 Å². The van der Waals surface area contributed by atoms with E-state index in [0.29, 0.717) is 25.7 Å². The molecule has 0 radical (unpaired) electrons. The minimum absolute atomic E-state index is 0.491. The van der Waals surface area contributed by atoms with E-state index in [1.165, 1.54) is 0 Å². The summed E-state index contributed by atoms with van der Waals surface area (Å²) in [4.78, 5) is 0. The fourth-order valence-corrected chi connectivity index (χ4v) is 1.59. The third-order valence-corrected chi connectivity index (χ3v) is 2.79. The highest BCUT2D eigenvalue weighted by atomic mass is 16.5. The normalized spacial score (nSPS) is 10.8. The molecule has 108 valence electrons. The zero-order valence-corrected chi connectivity index (χ0v) is 12.1. The Morgan fingerprint density at radius 1 is 1.11 bits per heavy atom. The first-order chi connectivity index (χ1) is 9.17. The van der Waals surface area contributed by atoms with Gasteiger partial charge in [-0.2, -0.15) is 0 Å². The van der Waals surface area contributed by atoms with E-state index < -0.39 is 0 Å². The van der Waals surface area contributed by atoms with Crippen molar-refractivity contribution in [3.8, 4) is 11.5 Å². The van der Waals surface area contributed by atoms with Crippen molar-refractivity contribution >= 4 is 0 Å². The molecule has 0 spiro atoms. The summed E-state index contributed by atoms with van der Waals surface area (Å²) in [5.74, 6) is 2.11. The second kappa shape index (κ2) is 8.77. The Balaban J connectivity index is 2.35. The highest BCUT2D eigenvalue weighted by Crippen LogP contribution is 2.27. The van der Waals surface area contributed by atoms with Crippen molar-refractivity contribution in [3.63, 3.8) is 0 Å². The van der Waals surface area contributed by atoms with E-state index in [1.807, 2.05) is 18.2 Å². The zero-order valence-electron chi connectivity index (χ0n) is 12.1. The van der Waals surface area contributed by atoms with E-state index in [4.69, 9.17) is 19.9 Å². The fourth-order valence-electron chi connectivity index (χ4n) is 1.59. The van der Waals surface area contributed by atoms with E-state index in [1.54, 1.807) is 7.11 Å². The van der Waals surface area contributed by atoms with Crippen LogP contribution >= 0.6 is 0 Å². The standard InChI is InChI=1S/C15H25NO3/c1-12(2)6-7-18-8-9-19-15-10-13(11-16)4-5-14(15)17-3/h4-5,10,12H,6-9,11,16H2,1-3H3. The molecule has 1 aromatic rings. The summed E-state index contributed by atoms with van der Waals surface area (Å²) in [7, 11) is 1.63. The van der Waals surface area contributed by atoms with Gasteiger partial charge in [0.2, 0.25) is 0 Å². The molecule has 0 aliphatic carbocycles. The first kappa shape index (κ1) is 15.8. The lowest BCUT2D eigenvalue weighted by atomic mass is 10.1. The Hall–Kier alpha value is -1.26. The summed E-state index contributed by atoms with van der Waals surface area (Å²) in [6.07, 6.45) is 1.08. The number of hydrogen-bond donors (Lipinski definition) is 1. The van der Waals surface area contributed by atoms with Gasteiger partial charge in [0, 0.05) is 13.2 Å². The van der Waals surface area contributed by atoms with Crippen molar-refractivity contribution < 1.29 is 14.2 Å². The first-order valence-corrected chi connectivity index (χ1v) is 6.75. The Morgan fingerprint density at radius 2 is 1.89 bits per heavy atom. The maximum atomic E-state index is 5.67. The molecule has 4 nitrogen and oxygen atoms in total. The highest BCUT2D eigenvalue weighted by molar-refractivity contribution is 5.42. The minimum Gasteiger partial charge on any atom is -0.493 e. The van der Waals surface area contributed by atoms with Gasteiger partial charge < -0.3 is 19.9 Å². The van der Waals surface area contributed by atoms with Gasteiger partial charge in [-0.05, 0) is 30.0 Å². The molecule has 0 saturated carbocycles. The van der Waals surface area contributed by atoms with E-state index in [0.717, 1.165) is 30.1 Å². The van der Waals surface area contributed by atoms with Gasteiger partial charge in [0.05, 0.1) is 13.7 Å². The number of benzene rings is 1. The molecular weight excluding hydrogens is 242 g/mol. The fraction of sp³-hybridized carbons (Fsp3) is 0.600. The van der Waals surface area contributed by atoms with Gasteiger partial charge >= 0.3 is 0 Å². The summed E-state index contributed by atoms with van der Waals surface area (Å²) in [5.41, 5.74) is 6.64. The van der Waals surface area contributed by atoms with Crippen LogP contribution in [0.1, 0.15) is 25.8 Å². The van der Waals surface area contributed by atoms with E-state index in [-0.39, 0.29) is 0 Å². The van der Waals surface area contributed by atoms with Crippen LogP contribution in [0.5, 0.6) is 11.5 Å². The van der Waals surface area contributed by atoms with Gasteiger partial charge in [-0.15, -0.1) is 0 Å². The largest absolute Gasteiger partial charge is 0.493 e. The lowest BCUT2D eigenvalue weighted by Gasteiger charge is -2.12. The van der Waals surface area contributed by atoms with Crippen LogP contribution in [0.2, 0.25) is 0 Å². The molecule has 4 heteroatoms. The Morgan fingerprint density at radius 3 is 2.53 bits per heavy atom. The molecule has 1 aromatic carbocycles. The first-order valence-electron chi connectivity index (χ1n) is 6.75. The number of methoxy groups -OCH3 is 1. The molecular formula is C15H25NO3. The predicted octanol–water partition coefficient (Wildman–Crippen LogP) is 2.60. The lowest BCUT2D eigenvalue weighted by Crippen LogP contribution is -2.09. The van der Waals surface area contributed by atoms with Crippen molar-refractivity contribution in [2.45, 2.75) is 26.8 Å². The average molecular weight is 267 g/mol. The molecule has 0 unspecified atom stereocenters. The average Bonchev–Trinajstić information content (AvgIpc) is 2.42. The molecule has 2 N–H and O–H groups in total. The maximum Gasteiger partial charge on any atom is 0.161 e. The lowest BCUT2D eigenvalue weighted by molar-refractivity contribution is 0.0916. The second-order valence-electron chi connectivity index (χ2n) is 4.83. The monoisotopic (exact) mass is 267 g/mol. The van der Waals surface area contributed by atoms with Crippen molar-refractivity contribution in [1.82, 2.24) is 0 Å². The van der Waals surface area contributed by atoms with E-state index in [2.05, 4.69) is 13.8 Å². The van der Waals surface area contributed by atoms with Crippen LogP contribution in [0.3, 0.4) is 0 Å². The summed E-state index contributed by atoms with van der Waals surface area (Å²) in [6.45, 7) is 6.74. The maximum absolute atomic E-state index is 5.67. The molecule has 0 heterocycles. The Labute approximate surface area is 115 Å². The molecule has 0 fully saturated rings. The van der Waals surface area contributed by atoms with Crippen molar-refractivity contribution in [1.29, 1.82) is 0 Å². The minimum atomic E-state index is 0.491. The van der Waals surface area contributed by atoms with Crippen LogP contribution in [0.15, 0.2) is 18.2 Å². The van der Waals surface area contributed by atoms with E-state index in [9.17, 15) is 0 Å². The Kier molecular flexibility index (Phi) is 7.30. The molecule has 0 aliphatic heterocycles. The van der Waals surface area contributed by atoms with Gasteiger partial charge in [0.25, 0.3) is 0 Å². The number of rotatable bonds is 9. The molecule has 0 amide bonds. The molecule has 0 saturated heterocycles. The van der Waals surface area contributed by atoms with Crippen LogP contribution in [-0.2, 0) is 11.3 Å². The van der Waals surface area contributed by atoms with E-state index >= 15 is 0 Å². The van der Waals surface area contributed by atoms with Crippen molar-refractivity contribution in [2.75, 3.05) is 26.9 Å². The third kappa shape index (κ3) is 5.94. The summed E-state index contributed by atoms with van der Waals surface area (Å²) >= 11 is 0. The summed E-state index contributed by atoms with van der Waals surface area (Å²) in [5, 5.41) is 0. The topological polar surface area (TPSA) is 53.7 Å². The van der Waals surface area contributed by atoms with Gasteiger partial charge in [0.15, 0.2) is 11.5 Å². The van der Waals surface area contributed by atoms with Crippen molar-refractivity contribution in [2.24, 2.45) is 11.7 Å². The van der Waals surface area contributed by atoms with Crippen LogP contribution in [0, 0.1) is 5.92 Å². The summed E-state index contributed by atoms with van der Waals surface area (Å²) in [6, 6.07) is 5.72. The second-order valence-corrected chi connectivity index (χ2v) is 4.83. The molecule has 0 aromatic heterocycles. The van der Waals surface area contributed by atoms with Crippen LogP contribution in [0.4, 0.5) is 0 Å². The molecule has 1 rings (SSSR count). The van der Waals surface area contributed by atoms with Crippen LogP contribution in [-0.4, -0.2) is 26.9 Å². The van der Waals surface area contributed by atoms with Gasteiger partial charge in [-0.1, -0.05) is 19.9 Å². The highest BCUT2D eigenvalue weighted by Gasteiger charge is 2.05. The third-order valence-electron chi connectivity index (χ3n) is 2.79. The molecule has 0 bridgehead atoms. The quantitative estimate of drug-likeness (QED) is 0.699. The summed E-state index contributed by atoms with van der Waals surface area (Å²) < 4.78 is 16.4. The van der Waals surface area contributed by atoms with Gasteiger partial charge in [-0.25, -0.2) is 0 Å².